The number of H-pyrrole nitrogens is 1. The fourth-order valence-electron chi connectivity index (χ4n) is 2.17. The first-order valence-corrected chi connectivity index (χ1v) is 8.70. The van der Waals surface area contributed by atoms with E-state index in [1.807, 2.05) is 31.2 Å². The third-order valence-corrected chi connectivity index (χ3v) is 4.54. The highest BCUT2D eigenvalue weighted by molar-refractivity contribution is 7.71. The van der Waals surface area contributed by atoms with Crippen molar-refractivity contribution in [3.8, 4) is 17.0 Å². The Morgan fingerprint density at radius 1 is 1.25 bits per heavy atom. The van der Waals surface area contributed by atoms with Gasteiger partial charge in [-0.1, -0.05) is 0 Å². The first-order valence-electron chi connectivity index (χ1n) is 7.42. The smallest absolute Gasteiger partial charge is 0.215 e. The number of hydrogen-bond donors (Lipinski definition) is 2. The lowest BCUT2D eigenvalue weighted by Gasteiger charge is -2.05. The highest BCUT2D eigenvalue weighted by Crippen LogP contribution is 2.24. The molecule has 0 aliphatic heterocycles. The molecule has 3 rings (SSSR count). The number of benzene rings is 1. The molecule has 0 saturated heterocycles. The molecule has 0 amide bonds. The number of thiazole rings is 1. The molecule has 0 saturated carbocycles. The SMILES string of the molecule is COc1ccc(-c2csc(CCNc3nc(=S)[nH]nc3C)n2)cc1. The Labute approximate surface area is 149 Å². The van der Waals surface area contributed by atoms with Crippen molar-refractivity contribution >= 4 is 29.4 Å². The Balaban J connectivity index is 1.61. The molecule has 0 fully saturated rings. The lowest BCUT2D eigenvalue weighted by molar-refractivity contribution is 0.415. The van der Waals surface area contributed by atoms with Crippen LogP contribution in [0.5, 0.6) is 5.75 Å². The van der Waals surface area contributed by atoms with E-state index in [0.717, 1.165) is 40.7 Å². The standard InChI is InChI=1S/C16H17N5OS2/c1-10-15(19-16(23)21-20-10)17-8-7-14-18-13(9-24-14)11-3-5-12(22-2)6-4-11/h3-6,9H,7-8H2,1-2H3,(H2,17,19,21,23). The van der Waals surface area contributed by atoms with Crippen LogP contribution < -0.4 is 10.1 Å². The summed E-state index contributed by atoms with van der Waals surface area (Å²) in [6.07, 6.45) is 0.813. The molecule has 24 heavy (non-hydrogen) atoms. The van der Waals surface area contributed by atoms with Gasteiger partial charge in [0.05, 0.1) is 23.5 Å². The van der Waals surface area contributed by atoms with Crippen LogP contribution in [0, 0.1) is 11.7 Å². The fourth-order valence-corrected chi connectivity index (χ4v) is 3.11. The van der Waals surface area contributed by atoms with E-state index in [1.54, 1.807) is 18.4 Å². The summed E-state index contributed by atoms with van der Waals surface area (Å²) in [5, 5.41) is 13.2. The van der Waals surface area contributed by atoms with Crippen molar-refractivity contribution < 1.29 is 4.74 Å². The van der Waals surface area contributed by atoms with Crippen molar-refractivity contribution in [2.75, 3.05) is 19.0 Å². The van der Waals surface area contributed by atoms with Crippen molar-refractivity contribution in [1.29, 1.82) is 0 Å². The molecule has 1 aromatic carbocycles. The first kappa shape index (κ1) is 16.5. The molecule has 0 atom stereocenters. The van der Waals surface area contributed by atoms with Gasteiger partial charge in [-0.2, -0.15) is 10.1 Å². The van der Waals surface area contributed by atoms with Crippen LogP contribution in [-0.4, -0.2) is 33.8 Å². The number of aromatic amines is 1. The van der Waals surface area contributed by atoms with E-state index in [-0.39, 0.29) is 0 Å². The molecule has 0 aliphatic carbocycles. The van der Waals surface area contributed by atoms with Crippen LogP contribution in [0.15, 0.2) is 29.6 Å². The molecule has 0 bridgehead atoms. The van der Waals surface area contributed by atoms with E-state index < -0.39 is 0 Å². The Morgan fingerprint density at radius 3 is 2.79 bits per heavy atom. The molecule has 2 N–H and O–H groups in total. The average molecular weight is 359 g/mol. The second-order valence-corrected chi connectivity index (χ2v) is 6.44. The number of hydrogen-bond acceptors (Lipinski definition) is 7. The summed E-state index contributed by atoms with van der Waals surface area (Å²) < 4.78 is 5.55. The molecule has 0 aliphatic rings. The second-order valence-electron chi connectivity index (χ2n) is 5.11. The lowest BCUT2D eigenvalue weighted by Crippen LogP contribution is -2.09. The molecule has 0 unspecified atom stereocenters. The summed E-state index contributed by atoms with van der Waals surface area (Å²) in [5.74, 6) is 1.56. The van der Waals surface area contributed by atoms with Gasteiger partial charge < -0.3 is 10.1 Å². The molecule has 2 heterocycles. The van der Waals surface area contributed by atoms with Crippen LogP contribution in [0.25, 0.3) is 11.3 Å². The van der Waals surface area contributed by atoms with Crippen LogP contribution >= 0.6 is 23.6 Å². The van der Waals surface area contributed by atoms with Crippen molar-refractivity contribution in [3.63, 3.8) is 0 Å². The lowest BCUT2D eigenvalue weighted by atomic mass is 10.2. The predicted molar refractivity (Wildman–Crippen MR) is 98.2 cm³/mol. The van der Waals surface area contributed by atoms with Gasteiger partial charge >= 0.3 is 0 Å². The summed E-state index contributed by atoms with van der Waals surface area (Å²) in [5.41, 5.74) is 2.86. The van der Waals surface area contributed by atoms with Gasteiger partial charge in [0.2, 0.25) is 4.77 Å². The Bertz CT molecular complexity index is 873. The van der Waals surface area contributed by atoms with Crippen molar-refractivity contribution in [2.45, 2.75) is 13.3 Å². The van der Waals surface area contributed by atoms with E-state index in [1.165, 1.54) is 0 Å². The van der Waals surface area contributed by atoms with Gasteiger partial charge in [0.1, 0.15) is 5.75 Å². The molecular formula is C16H17N5OS2. The molecule has 8 heteroatoms. The van der Waals surface area contributed by atoms with E-state index in [0.29, 0.717) is 10.6 Å². The van der Waals surface area contributed by atoms with E-state index in [9.17, 15) is 0 Å². The summed E-state index contributed by atoms with van der Waals surface area (Å²) in [7, 11) is 1.66. The molecule has 124 valence electrons. The van der Waals surface area contributed by atoms with Gasteiger partial charge in [-0.05, 0) is 43.4 Å². The quantitative estimate of drug-likeness (QED) is 0.655. The number of nitrogens with one attached hydrogen (secondary N) is 2. The van der Waals surface area contributed by atoms with Gasteiger partial charge in [0.15, 0.2) is 5.82 Å². The minimum Gasteiger partial charge on any atom is -0.497 e. The maximum Gasteiger partial charge on any atom is 0.215 e. The van der Waals surface area contributed by atoms with Gasteiger partial charge in [-0.3, -0.25) is 5.10 Å². The Kier molecular flexibility index (Phi) is 5.17. The van der Waals surface area contributed by atoms with Crippen molar-refractivity contribution in [1.82, 2.24) is 20.2 Å². The van der Waals surface area contributed by atoms with Crippen LogP contribution in [0.1, 0.15) is 10.7 Å². The van der Waals surface area contributed by atoms with Crippen LogP contribution in [0.4, 0.5) is 5.82 Å². The van der Waals surface area contributed by atoms with E-state index >= 15 is 0 Å². The average Bonchev–Trinajstić information content (AvgIpc) is 3.07. The number of nitrogens with zero attached hydrogens (tertiary/aromatic N) is 3. The summed E-state index contributed by atoms with van der Waals surface area (Å²) in [6.45, 7) is 2.61. The number of anilines is 1. The van der Waals surface area contributed by atoms with Gasteiger partial charge in [-0.15, -0.1) is 11.3 Å². The fraction of sp³-hybridized carbons (Fsp3) is 0.250. The molecule has 0 radical (unpaired) electrons. The number of aryl methyl sites for hydroxylation is 1. The minimum absolute atomic E-state index is 0.374. The van der Waals surface area contributed by atoms with Crippen LogP contribution in [0.3, 0.4) is 0 Å². The molecule has 3 aromatic rings. The Morgan fingerprint density at radius 2 is 2.04 bits per heavy atom. The largest absolute Gasteiger partial charge is 0.497 e. The second kappa shape index (κ2) is 7.50. The molecular weight excluding hydrogens is 342 g/mol. The van der Waals surface area contributed by atoms with Crippen LogP contribution in [0.2, 0.25) is 0 Å². The van der Waals surface area contributed by atoms with E-state index in [4.69, 9.17) is 17.0 Å². The van der Waals surface area contributed by atoms with Crippen molar-refractivity contribution in [2.24, 2.45) is 0 Å². The summed E-state index contributed by atoms with van der Waals surface area (Å²) >= 11 is 6.64. The normalized spacial score (nSPS) is 10.6. The first-order chi connectivity index (χ1) is 11.7. The topological polar surface area (TPSA) is 75.7 Å². The zero-order valence-corrected chi connectivity index (χ0v) is 15.0. The zero-order chi connectivity index (χ0) is 16.9. The van der Waals surface area contributed by atoms with Crippen molar-refractivity contribution in [3.05, 3.63) is 45.1 Å². The highest BCUT2D eigenvalue weighted by atomic mass is 32.1. The third-order valence-electron chi connectivity index (χ3n) is 3.44. The molecule has 0 spiro atoms. The Hall–Kier alpha value is -2.32. The van der Waals surface area contributed by atoms with Gasteiger partial charge in [-0.25, -0.2) is 4.98 Å². The maximum absolute atomic E-state index is 5.18. The monoisotopic (exact) mass is 359 g/mol. The van der Waals surface area contributed by atoms with Gasteiger partial charge in [0.25, 0.3) is 0 Å². The summed E-state index contributed by atoms with van der Waals surface area (Å²) in [4.78, 5) is 8.91. The van der Waals surface area contributed by atoms with E-state index in [2.05, 4.69) is 30.9 Å². The summed E-state index contributed by atoms with van der Waals surface area (Å²) in [6, 6.07) is 7.91. The number of ether oxygens (including phenoxy) is 1. The molecule has 6 nitrogen and oxygen atoms in total. The van der Waals surface area contributed by atoms with Crippen LogP contribution in [-0.2, 0) is 6.42 Å². The zero-order valence-electron chi connectivity index (χ0n) is 13.4. The number of rotatable bonds is 6. The third kappa shape index (κ3) is 3.95. The molecule has 2 aromatic heterocycles. The van der Waals surface area contributed by atoms with Gasteiger partial charge in [0, 0.05) is 23.9 Å². The number of methoxy groups -OCH3 is 1. The number of aromatic nitrogens is 4. The minimum atomic E-state index is 0.374. The highest BCUT2D eigenvalue weighted by Gasteiger charge is 2.06. The predicted octanol–water partition coefficient (Wildman–Crippen LogP) is 3.63. The maximum atomic E-state index is 5.18.